The SMILES string of the molecule is CCNc1cccc(Nc2cc(F)cc(F)c2)c1[N+](=O)[O-]. The Hall–Kier alpha value is -2.70. The Balaban J connectivity index is 2.43. The molecule has 0 spiro atoms. The molecule has 0 radical (unpaired) electrons. The lowest BCUT2D eigenvalue weighted by atomic mass is 10.2. The van der Waals surface area contributed by atoms with Crippen molar-refractivity contribution in [2.75, 3.05) is 17.2 Å². The lowest BCUT2D eigenvalue weighted by molar-refractivity contribution is -0.383. The second-order valence-corrected chi connectivity index (χ2v) is 4.27. The van der Waals surface area contributed by atoms with Crippen LogP contribution in [0.4, 0.5) is 31.5 Å². The molecule has 21 heavy (non-hydrogen) atoms. The number of halogens is 2. The number of nitrogens with one attached hydrogen (secondary N) is 2. The van der Waals surface area contributed by atoms with Crippen LogP contribution in [0, 0.1) is 21.7 Å². The standard InChI is InChI=1S/C14H13F2N3O2/c1-2-17-12-4-3-5-13(14(12)19(20)21)18-11-7-9(15)6-10(16)8-11/h3-8,17-18H,2H2,1H3. The molecule has 0 aliphatic heterocycles. The number of nitro groups is 1. The van der Waals surface area contributed by atoms with Crippen molar-refractivity contribution in [3.63, 3.8) is 0 Å². The molecule has 0 unspecified atom stereocenters. The molecule has 0 aliphatic carbocycles. The molecule has 0 saturated carbocycles. The number of anilines is 3. The van der Waals surface area contributed by atoms with Gasteiger partial charge in [0.05, 0.1) is 4.92 Å². The summed E-state index contributed by atoms with van der Waals surface area (Å²) in [5, 5.41) is 16.8. The highest BCUT2D eigenvalue weighted by atomic mass is 19.1. The Kier molecular flexibility index (Phi) is 4.32. The van der Waals surface area contributed by atoms with Gasteiger partial charge in [-0.25, -0.2) is 8.78 Å². The van der Waals surface area contributed by atoms with Gasteiger partial charge in [-0.1, -0.05) is 6.07 Å². The third kappa shape index (κ3) is 3.44. The number of para-hydroxylation sites is 1. The zero-order valence-electron chi connectivity index (χ0n) is 11.2. The van der Waals surface area contributed by atoms with E-state index in [1.54, 1.807) is 12.1 Å². The Morgan fingerprint density at radius 2 is 1.76 bits per heavy atom. The van der Waals surface area contributed by atoms with E-state index in [1.807, 2.05) is 6.92 Å². The third-order valence-corrected chi connectivity index (χ3v) is 2.73. The second-order valence-electron chi connectivity index (χ2n) is 4.27. The summed E-state index contributed by atoms with van der Waals surface area (Å²) in [6, 6.07) is 7.51. The van der Waals surface area contributed by atoms with Gasteiger partial charge in [0.2, 0.25) is 0 Å². The van der Waals surface area contributed by atoms with E-state index in [0.29, 0.717) is 12.2 Å². The third-order valence-electron chi connectivity index (χ3n) is 2.73. The van der Waals surface area contributed by atoms with Crippen LogP contribution in [0.25, 0.3) is 0 Å². The van der Waals surface area contributed by atoms with Crippen LogP contribution in [0.3, 0.4) is 0 Å². The number of hydrogen-bond donors (Lipinski definition) is 2. The van der Waals surface area contributed by atoms with Gasteiger partial charge in [0.1, 0.15) is 23.0 Å². The summed E-state index contributed by atoms with van der Waals surface area (Å²) in [4.78, 5) is 10.7. The van der Waals surface area contributed by atoms with Crippen LogP contribution in [0.15, 0.2) is 36.4 Å². The van der Waals surface area contributed by atoms with Crippen LogP contribution in [0.5, 0.6) is 0 Å². The van der Waals surface area contributed by atoms with E-state index in [-0.39, 0.29) is 17.1 Å². The van der Waals surface area contributed by atoms with Gasteiger partial charge in [-0.3, -0.25) is 10.1 Å². The zero-order valence-corrected chi connectivity index (χ0v) is 11.2. The van der Waals surface area contributed by atoms with Crippen LogP contribution in [0.2, 0.25) is 0 Å². The van der Waals surface area contributed by atoms with E-state index in [0.717, 1.165) is 18.2 Å². The van der Waals surface area contributed by atoms with Gasteiger partial charge >= 0.3 is 5.69 Å². The number of rotatable bonds is 5. The first-order valence-electron chi connectivity index (χ1n) is 6.25. The molecule has 0 amide bonds. The minimum absolute atomic E-state index is 0.101. The highest BCUT2D eigenvalue weighted by Gasteiger charge is 2.19. The van der Waals surface area contributed by atoms with E-state index < -0.39 is 16.6 Å². The van der Waals surface area contributed by atoms with E-state index in [4.69, 9.17) is 0 Å². The van der Waals surface area contributed by atoms with Crippen molar-refractivity contribution in [3.8, 4) is 0 Å². The minimum atomic E-state index is -0.761. The van der Waals surface area contributed by atoms with Crippen LogP contribution in [0.1, 0.15) is 6.92 Å². The highest BCUT2D eigenvalue weighted by molar-refractivity contribution is 5.79. The summed E-state index contributed by atoms with van der Waals surface area (Å²) in [5.41, 5.74) is 0.418. The van der Waals surface area contributed by atoms with Gasteiger partial charge in [-0.15, -0.1) is 0 Å². The van der Waals surface area contributed by atoms with E-state index in [9.17, 15) is 18.9 Å². The molecule has 0 aliphatic rings. The molecule has 110 valence electrons. The number of nitro benzene ring substituents is 1. The molecule has 2 rings (SSSR count). The first kappa shape index (κ1) is 14.7. The topological polar surface area (TPSA) is 67.2 Å². The summed E-state index contributed by atoms with van der Waals surface area (Å²) in [7, 11) is 0. The largest absolute Gasteiger partial charge is 0.380 e. The average molecular weight is 293 g/mol. The van der Waals surface area contributed by atoms with Gasteiger partial charge in [0.25, 0.3) is 0 Å². The Labute approximate surface area is 119 Å². The maximum Gasteiger partial charge on any atom is 0.315 e. The first-order chi connectivity index (χ1) is 10.0. The van der Waals surface area contributed by atoms with Crippen molar-refractivity contribution >= 4 is 22.7 Å². The Morgan fingerprint density at radius 1 is 1.14 bits per heavy atom. The Morgan fingerprint density at radius 3 is 2.33 bits per heavy atom. The van der Waals surface area contributed by atoms with E-state index in [1.165, 1.54) is 6.07 Å². The van der Waals surface area contributed by atoms with Crippen LogP contribution < -0.4 is 10.6 Å². The molecule has 0 bridgehead atoms. The summed E-state index contributed by atoms with van der Waals surface area (Å²) >= 11 is 0. The summed E-state index contributed by atoms with van der Waals surface area (Å²) in [6.07, 6.45) is 0. The zero-order chi connectivity index (χ0) is 15.4. The van der Waals surface area contributed by atoms with Crippen molar-refractivity contribution < 1.29 is 13.7 Å². The number of nitrogens with zero attached hydrogens (tertiary/aromatic N) is 1. The molecule has 0 aromatic heterocycles. The van der Waals surface area contributed by atoms with Crippen molar-refractivity contribution in [2.24, 2.45) is 0 Å². The fourth-order valence-electron chi connectivity index (χ4n) is 1.96. The number of hydrogen-bond acceptors (Lipinski definition) is 4. The normalized spacial score (nSPS) is 10.2. The average Bonchev–Trinajstić information content (AvgIpc) is 2.37. The molecule has 0 saturated heterocycles. The van der Waals surface area contributed by atoms with Crippen molar-refractivity contribution in [3.05, 3.63) is 58.1 Å². The predicted octanol–water partition coefficient (Wildman–Crippen LogP) is 4.05. The molecular weight excluding hydrogens is 280 g/mol. The maximum absolute atomic E-state index is 13.2. The molecule has 0 fully saturated rings. The molecule has 2 aromatic carbocycles. The fraction of sp³-hybridized carbons (Fsp3) is 0.143. The Bertz CT molecular complexity index is 657. The lowest BCUT2D eigenvalue weighted by Gasteiger charge is -2.11. The van der Waals surface area contributed by atoms with Gasteiger partial charge < -0.3 is 10.6 Å². The van der Waals surface area contributed by atoms with Crippen LogP contribution >= 0.6 is 0 Å². The van der Waals surface area contributed by atoms with E-state index in [2.05, 4.69) is 10.6 Å². The van der Waals surface area contributed by atoms with Gasteiger partial charge in [-0.2, -0.15) is 0 Å². The quantitative estimate of drug-likeness (QED) is 0.644. The molecule has 7 heteroatoms. The van der Waals surface area contributed by atoms with Crippen LogP contribution in [-0.2, 0) is 0 Å². The van der Waals surface area contributed by atoms with Crippen LogP contribution in [-0.4, -0.2) is 11.5 Å². The molecule has 0 heterocycles. The van der Waals surface area contributed by atoms with Gasteiger partial charge in [0.15, 0.2) is 0 Å². The van der Waals surface area contributed by atoms with Crippen molar-refractivity contribution in [1.82, 2.24) is 0 Å². The molecule has 2 aromatic rings. The highest BCUT2D eigenvalue weighted by Crippen LogP contribution is 2.34. The summed E-state index contributed by atoms with van der Waals surface area (Å²) < 4.78 is 26.3. The fourth-order valence-corrected chi connectivity index (χ4v) is 1.96. The maximum atomic E-state index is 13.2. The van der Waals surface area contributed by atoms with Crippen molar-refractivity contribution in [2.45, 2.75) is 6.92 Å². The molecule has 2 N–H and O–H groups in total. The minimum Gasteiger partial charge on any atom is -0.380 e. The first-order valence-corrected chi connectivity index (χ1v) is 6.25. The lowest BCUT2D eigenvalue weighted by Crippen LogP contribution is -2.04. The monoisotopic (exact) mass is 293 g/mol. The molecule has 0 atom stereocenters. The summed E-state index contributed by atoms with van der Waals surface area (Å²) in [6.45, 7) is 2.32. The van der Waals surface area contributed by atoms with E-state index >= 15 is 0 Å². The molecule has 5 nitrogen and oxygen atoms in total. The molecular formula is C14H13F2N3O2. The second kappa shape index (κ2) is 6.17. The van der Waals surface area contributed by atoms with Crippen molar-refractivity contribution in [1.29, 1.82) is 0 Å². The van der Waals surface area contributed by atoms with Gasteiger partial charge in [0, 0.05) is 18.3 Å². The number of benzene rings is 2. The summed E-state index contributed by atoms with van der Waals surface area (Å²) in [5.74, 6) is -1.52. The smallest absolute Gasteiger partial charge is 0.315 e. The van der Waals surface area contributed by atoms with Gasteiger partial charge in [-0.05, 0) is 31.2 Å². The predicted molar refractivity (Wildman–Crippen MR) is 76.9 cm³/mol.